The molecule has 0 spiro atoms. The van der Waals surface area contributed by atoms with E-state index >= 15 is 0 Å². The molecule has 1 amide bonds. The Balaban J connectivity index is 1.91. The van der Waals surface area contributed by atoms with Gasteiger partial charge in [0.1, 0.15) is 5.82 Å². The Labute approximate surface area is 190 Å². The number of hydrogen-bond donors (Lipinski definition) is 3. The molecule has 9 heteroatoms. The summed E-state index contributed by atoms with van der Waals surface area (Å²) in [6.45, 7) is 0. The monoisotopic (exact) mass is 441 g/mol. The summed E-state index contributed by atoms with van der Waals surface area (Å²) in [5.74, 6) is -0.0887. The van der Waals surface area contributed by atoms with E-state index in [2.05, 4.69) is 20.3 Å². The normalized spacial score (nSPS) is 12.5. The van der Waals surface area contributed by atoms with Crippen molar-refractivity contribution in [3.63, 3.8) is 0 Å². The molecule has 5 N–H and O–H groups in total. The number of pyridine rings is 2. The third-order valence-electron chi connectivity index (χ3n) is 5.19. The second-order valence-corrected chi connectivity index (χ2v) is 7.31. The zero-order valence-electron chi connectivity index (χ0n) is 17.9. The molecular formula is C24H23N7O2. The van der Waals surface area contributed by atoms with Crippen molar-refractivity contribution in [2.75, 3.05) is 23.9 Å². The smallest absolute Gasteiger partial charge is 0.412 e. The van der Waals surface area contributed by atoms with Gasteiger partial charge in [-0.15, -0.1) is 0 Å². The number of anilines is 3. The van der Waals surface area contributed by atoms with Gasteiger partial charge in [-0.05, 0) is 47.5 Å². The Hall–Kier alpha value is -4.53. The molecule has 9 nitrogen and oxygen atoms in total. The minimum absolute atomic E-state index is 0.156. The van der Waals surface area contributed by atoms with E-state index in [1.165, 1.54) is 7.11 Å². The van der Waals surface area contributed by atoms with Crippen molar-refractivity contribution in [2.24, 2.45) is 0 Å². The average molecular weight is 441 g/mol. The first-order valence-electron chi connectivity index (χ1n) is 10.2. The van der Waals surface area contributed by atoms with Gasteiger partial charge in [-0.3, -0.25) is 10.3 Å². The molecule has 1 aromatic carbocycles. The van der Waals surface area contributed by atoms with Gasteiger partial charge >= 0.3 is 6.09 Å². The Morgan fingerprint density at radius 1 is 0.879 bits per heavy atom. The lowest BCUT2D eigenvalue weighted by Gasteiger charge is -2.28. The van der Waals surface area contributed by atoms with Gasteiger partial charge in [0.05, 0.1) is 24.4 Å². The van der Waals surface area contributed by atoms with E-state index in [4.69, 9.17) is 21.2 Å². The molecule has 33 heavy (non-hydrogen) atoms. The van der Waals surface area contributed by atoms with E-state index in [0.717, 1.165) is 11.1 Å². The van der Waals surface area contributed by atoms with Crippen molar-refractivity contribution in [2.45, 2.75) is 11.8 Å². The number of aromatic nitrogens is 4. The lowest BCUT2D eigenvalue weighted by molar-refractivity contribution is 0.187. The first-order valence-corrected chi connectivity index (χ1v) is 10.2. The van der Waals surface area contributed by atoms with Crippen LogP contribution in [0.5, 0.6) is 0 Å². The molecule has 4 rings (SSSR count). The molecule has 166 valence electrons. The average Bonchev–Trinajstić information content (AvgIpc) is 2.84. The number of amides is 1. The highest BCUT2D eigenvalue weighted by atomic mass is 16.5. The van der Waals surface area contributed by atoms with Gasteiger partial charge in [0.15, 0.2) is 0 Å². The minimum Gasteiger partial charge on any atom is -0.453 e. The summed E-state index contributed by atoms with van der Waals surface area (Å²) in [5, 5.41) is 2.62. The van der Waals surface area contributed by atoms with E-state index in [9.17, 15) is 4.79 Å². The van der Waals surface area contributed by atoms with E-state index in [-0.39, 0.29) is 17.8 Å². The highest BCUT2D eigenvalue weighted by Crippen LogP contribution is 2.41. The van der Waals surface area contributed by atoms with Crippen LogP contribution in [0.25, 0.3) is 0 Å². The highest BCUT2D eigenvalue weighted by molar-refractivity contribution is 5.83. The highest BCUT2D eigenvalue weighted by Gasteiger charge is 2.31. The molecule has 2 atom stereocenters. The maximum atomic E-state index is 11.8. The summed E-state index contributed by atoms with van der Waals surface area (Å²) in [5.41, 5.74) is 15.9. The quantitative estimate of drug-likeness (QED) is 0.386. The molecule has 4 aromatic rings. The van der Waals surface area contributed by atoms with Crippen LogP contribution >= 0.6 is 0 Å². The number of methoxy groups -OCH3 is 1. The second-order valence-electron chi connectivity index (χ2n) is 7.31. The number of rotatable bonds is 6. The summed E-state index contributed by atoms with van der Waals surface area (Å²) in [4.78, 5) is 29.3. The SMILES string of the molecule is COC(=O)Nc1cccc(C(c2ccnc(N)n2)C(c2ccc(N)cc2)c2cccnc2)n1. The van der Waals surface area contributed by atoms with E-state index in [0.29, 0.717) is 22.9 Å². The van der Waals surface area contributed by atoms with Gasteiger partial charge < -0.3 is 16.2 Å². The zero-order chi connectivity index (χ0) is 23.2. The molecule has 0 aliphatic rings. The number of ether oxygens (including phenoxy) is 1. The van der Waals surface area contributed by atoms with Crippen LogP contribution < -0.4 is 16.8 Å². The van der Waals surface area contributed by atoms with Crippen LogP contribution in [0.2, 0.25) is 0 Å². The van der Waals surface area contributed by atoms with Crippen LogP contribution in [0, 0.1) is 0 Å². The maximum Gasteiger partial charge on any atom is 0.412 e. The number of hydrogen-bond acceptors (Lipinski definition) is 8. The lowest BCUT2D eigenvalue weighted by atomic mass is 9.77. The third-order valence-corrected chi connectivity index (χ3v) is 5.19. The third kappa shape index (κ3) is 5.04. The Bertz CT molecular complexity index is 1230. The zero-order valence-corrected chi connectivity index (χ0v) is 17.9. The first-order chi connectivity index (χ1) is 16.0. The summed E-state index contributed by atoms with van der Waals surface area (Å²) < 4.78 is 4.70. The topological polar surface area (TPSA) is 142 Å². The van der Waals surface area contributed by atoms with Gasteiger partial charge in [-0.2, -0.15) is 0 Å². The summed E-state index contributed by atoms with van der Waals surface area (Å²) in [6, 6.07) is 18.7. The van der Waals surface area contributed by atoms with Crippen molar-refractivity contribution >= 4 is 23.5 Å². The van der Waals surface area contributed by atoms with E-state index < -0.39 is 6.09 Å². The first kappa shape index (κ1) is 21.7. The van der Waals surface area contributed by atoms with Crippen molar-refractivity contribution in [1.29, 1.82) is 0 Å². The molecule has 2 unspecified atom stereocenters. The lowest BCUT2D eigenvalue weighted by Crippen LogP contribution is -2.19. The predicted molar refractivity (Wildman–Crippen MR) is 125 cm³/mol. The van der Waals surface area contributed by atoms with Crippen LogP contribution in [-0.2, 0) is 4.74 Å². The molecule has 0 bridgehead atoms. The van der Waals surface area contributed by atoms with Crippen molar-refractivity contribution < 1.29 is 9.53 Å². The fourth-order valence-electron chi connectivity index (χ4n) is 3.75. The fraction of sp³-hybridized carbons (Fsp3) is 0.125. The molecule has 0 saturated heterocycles. The van der Waals surface area contributed by atoms with Gasteiger partial charge in [-0.1, -0.05) is 24.3 Å². The Morgan fingerprint density at radius 2 is 1.67 bits per heavy atom. The largest absolute Gasteiger partial charge is 0.453 e. The van der Waals surface area contributed by atoms with Crippen molar-refractivity contribution in [3.05, 3.63) is 102 Å². The molecule has 0 radical (unpaired) electrons. The number of benzene rings is 1. The van der Waals surface area contributed by atoms with Crippen LogP contribution in [0.1, 0.15) is 34.4 Å². The molecule has 0 saturated carbocycles. The number of nitrogens with zero attached hydrogens (tertiary/aromatic N) is 4. The van der Waals surface area contributed by atoms with Gasteiger partial charge in [0, 0.05) is 30.2 Å². The standard InChI is InChI=1S/C24H23N7O2/c1-33-24(32)31-20-6-2-5-18(29-20)22(19-11-13-28-23(26)30-19)21(16-4-3-12-27-14-16)15-7-9-17(25)10-8-15/h2-14,21-22H,25H2,1H3,(H2,26,28,30)(H,29,31,32). The summed E-state index contributed by atoms with van der Waals surface area (Å²) in [6.07, 6.45) is 4.55. The van der Waals surface area contributed by atoms with Crippen LogP contribution in [-0.4, -0.2) is 33.1 Å². The summed E-state index contributed by atoms with van der Waals surface area (Å²) in [7, 11) is 1.30. The number of nitrogens with one attached hydrogen (secondary N) is 1. The van der Waals surface area contributed by atoms with Crippen LogP contribution in [0.15, 0.2) is 79.3 Å². The van der Waals surface area contributed by atoms with Crippen molar-refractivity contribution in [3.8, 4) is 0 Å². The Kier molecular flexibility index (Phi) is 6.40. The number of carbonyl (C=O) groups is 1. The van der Waals surface area contributed by atoms with Crippen molar-refractivity contribution in [1.82, 2.24) is 19.9 Å². The predicted octanol–water partition coefficient (Wildman–Crippen LogP) is 3.57. The molecule has 0 aliphatic carbocycles. The van der Waals surface area contributed by atoms with E-state index in [1.807, 2.05) is 60.8 Å². The molecule has 0 aliphatic heterocycles. The molecular weight excluding hydrogens is 418 g/mol. The maximum absolute atomic E-state index is 11.8. The Morgan fingerprint density at radius 3 is 2.36 bits per heavy atom. The van der Waals surface area contributed by atoms with Gasteiger partial charge in [0.25, 0.3) is 0 Å². The molecule has 3 heterocycles. The molecule has 3 aromatic heterocycles. The summed E-state index contributed by atoms with van der Waals surface area (Å²) >= 11 is 0. The van der Waals surface area contributed by atoms with E-state index in [1.54, 1.807) is 18.5 Å². The van der Waals surface area contributed by atoms with Crippen LogP contribution in [0.3, 0.4) is 0 Å². The van der Waals surface area contributed by atoms with Crippen LogP contribution in [0.4, 0.5) is 22.2 Å². The number of nitrogen functional groups attached to an aromatic ring is 2. The molecule has 0 fully saturated rings. The minimum atomic E-state index is -0.607. The van der Waals surface area contributed by atoms with Gasteiger partial charge in [-0.25, -0.2) is 19.7 Å². The number of nitrogens with two attached hydrogens (primary N) is 2. The fourth-order valence-corrected chi connectivity index (χ4v) is 3.75. The van der Waals surface area contributed by atoms with Gasteiger partial charge in [0.2, 0.25) is 5.95 Å². The second kappa shape index (κ2) is 9.73. The number of carbonyl (C=O) groups excluding carboxylic acids is 1.